The van der Waals surface area contributed by atoms with Crippen molar-refractivity contribution in [2.24, 2.45) is 7.05 Å². The number of aromatic hydroxyl groups is 1. The summed E-state index contributed by atoms with van der Waals surface area (Å²) in [6.45, 7) is 0.157. The predicted octanol–water partition coefficient (Wildman–Crippen LogP) is 4.15. The van der Waals surface area contributed by atoms with Gasteiger partial charge in [-0.3, -0.25) is 4.79 Å². The van der Waals surface area contributed by atoms with E-state index in [1.807, 2.05) is 0 Å². The number of ether oxygens (including phenoxy) is 1. The fraction of sp³-hybridized carbons (Fsp3) is 0.115. The fourth-order valence-electron chi connectivity index (χ4n) is 3.77. The van der Waals surface area contributed by atoms with Crippen molar-refractivity contribution < 1.29 is 27.0 Å². The van der Waals surface area contributed by atoms with Gasteiger partial charge < -0.3 is 14.4 Å². The molecule has 0 saturated heterocycles. The smallest absolute Gasteiger partial charge is 0.250 e. The summed E-state index contributed by atoms with van der Waals surface area (Å²) < 4.78 is 59.1. The molecule has 1 aromatic heterocycles. The van der Waals surface area contributed by atoms with E-state index in [9.17, 15) is 27.1 Å². The molecule has 0 amide bonds. The third-order valence-electron chi connectivity index (χ3n) is 5.53. The van der Waals surface area contributed by atoms with E-state index < -0.39 is 22.5 Å². The van der Waals surface area contributed by atoms with E-state index >= 15 is 0 Å². The van der Waals surface area contributed by atoms with E-state index in [-0.39, 0.29) is 29.4 Å². The number of nitrogens with one attached hydrogen (secondary N) is 1. The van der Waals surface area contributed by atoms with E-state index in [0.717, 1.165) is 11.6 Å². The van der Waals surface area contributed by atoms with Crippen LogP contribution in [0.1, 0.15) is 5.56 Å². The average molecular weight is 513 g/mol. The molecule has 0 atom stereocenters. The molecule has 0 fully saturated rings. The molecule has 0 unspecified atom stereocenters. The number of halogens is 2. The molecule has 0 aliphatic rings. The van der Waals surface area contributed by atoms with E-state index in [2.05, 4.69) is 4.72 Å². The highest BCUT2D eigenvalue weighted by Crippen LogP contribution is 2.41. The van der Waals surface area contributed by atoms with Crippen LogP contribution >= 0.6 is 0 Å². The Labute approximate surface area is 207 Å². The second-order valence-corrected chi connectivity index (χ2v) is 8.82. The van der Waals surface area contributed by atoms with Crippen molar-refractivity contribution in [1.29, 1.82) is 0 Å². The Morgan fingerprint density at radius 2 is 1.67 bits per heavy atom. The monoisotopic (exact) mass is 512 g/mol. The van der Waals surface area contributed by atoms with Gasteiger partial charge in [0.25, 0.3) is 5.56 Å². The Kier molecular flexibility index (Phi) is 7.47. The maximum absolute atomic E-state index is 14.4. The van der Waals surface area contributed by atoms with Crippen LogP contribution < -0.4 is 15.0 Å². The number of nitrogens with zero attached hydrogens (tertiary/aromatic N) is 1. The molecule has 0 aliphatic carbocycles. The first-order chi connectivity index (χ1) is 17.2. The van der Waals surface area contributed by atoms with Crippen LogP contribution in [0.3, 0.4) is 0 Å². The quantitative estimate of drug-likeness (QED) is 0.308. The third kappa shape index (κ3) is 5.61. The van der Waals surface area contributed by atoms with Gasteiger partial charge in [-0.1, -0.05) is 24.3 Å². The van der Waals surface area contributed by atoms with Gasteiger partial charge in [0.05, 0.1) is 0 Å². The van der Waals surface area contributed by atoms with Gasteiger partial charge in [0.15, 0.2) is 11.6 Å². The summed E-state index contributed by atoms with van der Waals surface area (Å²) in [6.07, 6.45) is 1.92. The lowest BCUT2D eigenvalue weighted by Gasteiger charge is -2.18. The van der Waals surface area contributed by atoms with Gasteiger partial charge >= 0.3 is 0 Å². The zero-order valence-corrected chi connectivity index (χ0v) is 20.0. The topological polar surface area (TPSA) is 97.6 Å². The lowest BCUT2D eigenvalue weighted by atomic mass is 9.93. The van der Waals surface area contributed by atoms with Crippen LogP contribution in [-0.4, -0.2) is 24.6 Å². The van der Waals surface area contributed by atoms with Crippen molar-refractivity contribution in [2.75, 3.05) is 6.54 Å². The molecule has 1 heterocycles. The molecule has 0 saturated carbocycles. The molecular weight excluding hydrogens is 490 g/mol. The lowest BCUT2D eigenvalue weighted by molar-refractivity contribution is 0.439. The number of para-hydroxylation sites is 1. The van der Waals surface area contributed by atoms with Crippen molar-refractivity contribution in [3.05, 3.63) is 100 Å². The largest absolute Gasteiger partial charge is 0.507 e. The molecule has 186 valence electrons. The Bertz CT molecular complexity index is 1560. The minimum absolute atomic E-state index is 0.0429. The molecule has 10 heteroatoms. The molecule has 0 bridgehead atoms. The van der Waals surface area contributed by atoms with Gasteiger partial charge in [-0.15, -0.1) is 0 Å². The normalized spacial score (nSPS) is 11.1. The molecular formula is C26H22F2N2O5S. The van der Waals surface area contributed by atoms with Crippen LogP contribution in [0.4, 0.5) is 8.78 Å². The molecule has 2 N–H and O–H groups in total. The van der Waals surface area contributed by atoms with Gasteiger partial charge in [-0.05, 0) is 42.3 Å². The van der Waals surface area contributed by atoms with Crippen LogP contribution in [-0.2, 0) is 24.4 Å². The van der Waals surface area contributed by atoms with Crippen LogP contribution in [0.15, 0.2) is 77.7 Å². The van der Waals surface area contributed by atoms with Crippen LogP contribution in [0.2, 0.25) is 0 Å². The first kappa shape index (κ1) is 25.1. The Balaban J connectivity index is 1.91. The maximum atomic E-state index is 14.4. The summed E-state index contributed by atoms with van der Waals surface area (Å²) in [5.74, 6) is -1.68. The predicted molar refractivity (Wildman–Crippen MR) is 133 cm³/mol. The zero-order chi connectivity index (χ0) is 25.8. The van der Waals surface area contributed by atoms with Crippen molar-refractivity contribution in [3.63, 3.8) is 0 Å². The number of aromatic nitrogens is 1. The fourth-order valence-corrected chi connectivity index (χ4v) is 4.06. The number of phenolic OH excluding ortho intramolecular Hbond substituents is 1. The highest BCUT2D eigenvalue weighted by Gasteiger charge is 2.18. The second-order valence-electron chi connectivity index (χ2n) is 7.99. The third-order valence-corrected chi connectivity index (χ3v) is 6.01. The Morgan fingerprint density at radius 3 is 2.39 bits per heavy atom. The Morgan fingerprint density at radius 1 is 0.917 bits per heavy atom. The van der Waals surface area contributed by atoms with Crippen LogP contribution in [0.25, 0.3) is 22.3 Å². The molecule has 4 rings (SSSR count). The number of phenols is 1. The molecule has 7 nitrogen and oxygen atoms in total. The van der Waals surface area contributed by atoms with E-state index in [1.54, 1.807) is 49.6 Å². The van der Waals surface area contributed by atoms with Gasteiger partial charge in [-0.25, -0.2) is 21.9 Å². The zero-order valence-electron chi connectivity index (χ0n) is 19.1. The van der Waals surface area contributed by atoms with Gasteiger partial charge in [0, 0.05) is 54.2 Å². The summed E-state index contributed by atoms with van der Waals surface area (Å²) in [5, 5.41) is 10.5. The second kappa shape index (κ2) is 10.7. The summed E-state index contributed by atoms with van der Waals surface area (Å²) in [5.41, 5.74) is 2.19. The lowest BCUT2D eigenvalue weighted by Crippen LogP contribution is -2.16. The first-order valence-electron chi connectivity index (χ1n) is 10.9. The van der Waals surface area contributed by atoms with Gasteiger partial charge in [0.2, 0.25) is 10.9 Å². The summed E-state index contributed by atoms with van der Waals surface area (Å²) in [7, 11) is -1.19. The number of aryl methyl sites for hydroxylation is 1. The van der Waals surface area contributed by atoms with E-state index in [4.69, 9.17) is 4.74 Å². The molecule has 0 spiro atoms. The minimum Gasteiger partial charge on any atom is -0.507 e. The summed E-state index contributed by atoms with van der Waals surface area (Å²) in [6, 6.07) is 15.9. The summed E-state index contributed by atoms with van der Waals surface area (Å²) in [4.78, 5) is 12.5. The van der Waals surface area contributed by atoms with Crippen molar-refractivity contribution in [1.82, 2.24) is 9.29 Å². The van der Waals surface area contributed by atoms with Crippen LogP contribution in [0, 0.1) is 11.6 Å². The molecule has 4 aromatic rings. The highest BCUT2D eigenvalue weighted by atomic mass is 32.2. The number of pyridine rings is 1. The maximum Gasteiger partial charge on any atom is 0.250 e. The van der Waals surface area contributed by atoms with Gasteiger partial charge in [0.1, 0.15) is 17.3 Å². The molecule has 0 radical (unpaired) electrons. The minimum atomic E-state index is -2.75. The van der Waals surface area contributed by atoms with Crippen molar-refractivity contribution in [2.45, 2.75) is 6.42 Å². The SMILES string of the molecule is Cn1cc(-c2cc(CCN[SH](=O)=O)ccc2Oc2ccc(F)cc2F)c(-c2ccccc2O)cc1=O. The van der Waals surface area contributed by atoms with Gasteiger partial charge in [-0.2, -0.15) is 0 Å². The number of hydrogen-bond donors (Lipinski definition) is 3. The Hall–Kier alpha value is -4.02. The first-order valence-corrected chi connectivity index (χ1v) is 12.0. The number of benzene rings is 3. The standard InChI is InChI=1S/C26H22F2N2O5S/c1-30-15-21(19(14-26(30)32)18-4-2-3-5-23(18)31)20-12-16(10-11-29-36(33)34)6-8-24(20)35-25-9-7-17(27)13-22(25)28/h2-9,12-15,31,36H,10-11H2,1H3,(H,29,33,34). The van der Waals surface area contributed by atoms with Crippen molar-refractivity contribution in [3.8, 4) is 39.5 Å². The summed E-state index contributed by atoms with van der Waals surface area (Å²) >= 11 is 0. The van der Waals surface area contributed by atoms with E-state index in [0.29, 0.717) is 34.7 Å². The number of rotatable bonds is 8. The molecule has 36 heavy (non-hydrogen) atoms. The molecule has 0 aliphatic heterocycles. The average Bonchev–Trinajstić information content (AvgIpc) is 2.83. The molecule has 3 aromatic carbocycles. The number of hydrogen-bond acceptors (Lipinski definition) is 5. The van der Waals surface area contributed by atoms with Crippen molar-refractivity contribution >= 4 is 10.9 Å². The van der Waals surface area contributed by atoms with E-state index in [1.165, 1.54) is 22.8 Å². The van der Waals surface area contributed by atoms with Crippen LogP contribution in [0.5, 0.6) is 17.2 Å². The number of thiol groups is 1. The highest BCUT2D eigenvalue weighted by molar-refractivity contribution is 7.70.